The second-order valence-corrected chi connectivity index (χ2v) is 20.3. The molecule has 0 saturated carbocycles. The molecule has 0 fully saturated rings. The molecule has 0 spiro atoms. The van der Waals surface area contributed by atoms with Crippen LogP contribution in [0.4, 0.5) is 0 Å². The molecular weight excluding hydrogens is 751 g/mol. The van der Waals surface area contributed by atoms with Gasteiger partial charge in [-0.25, -0.2) is 0 Å². The van der Waals surface area contributed by atoms with E-state index in [0.717, 1.165) is 37.9 Å². The largest absolute Gasteiger partial charge is 0.485 e. The van der Waals surface area contributed by atoms with Gasteiger partial charge in [0.15, 0.2) is 0 Å². The van der Waals surface area contributed by atoms with Gasteiger partial charge in [-0.2, -0.15) is 0 Å². The van der Waals surface area contributed by atoms with Crippen LogP contribution in [0.25, 0.3) is 21.9 Å². The van der Waals surface area contributed by atoms with Crippen molar-refractivity contribution in [1.29, 1.82) is 0 Å². The molecule has 0 aromatic heterocycles. The van der Waals surface area contributed by atoms with E-state index in [2.05, 4.69) is 193 Å². The summed E-state index contributed by atoms with van der Waals surface area (Å²) >= 11 is 0. The van der Waals surface area contributed by atoms with Gasteiger partial charge in [-0.1, -0.05) is 174 Å². The zero-order chi connectivity index (χ0) is 42.4. The summed E-state index contributed by atoms with van der Waals surface area (Å²) in [4.78, 5) is 5.58. The number of aliphatic imine (C=N–C) groups is 1. The fourth-order valence-electron chi connectivity index (χ4n) is 12.7. The minimum absolute atomic E-state index is 0.00624. The molecule has 310 valence electrons. The fourth-order valence-corrected chi connectivity index (χ4v) is 12.7. The van der Waals surface area contributed by atoms with Gasteiger partial charge in [0, 0.05) is 41.0 Å². The molecule has 6 unspecified atom stereocenters. The number of allylic oxidation sites excluding steroid dienone is 8. The van der Waals surface area contributed by atoms with Crippen LogP contribution in [-0.4, -0.2) is 18.4 Å². The lowest BCUT2D eigenvalue weighted by atomic mass is 9.66. The Labute approximate surface area is 369 Å². The lowest BCUT2D eigenvalue weighted by molar-refractivity contribution is 0.248. The molecule has 0 N–H and O–H groups in total. The summed E-state index contributed by atoms with van der Waals surface area (Å²) in [7, 11) is 0. The van der Waals surface area contributed by atoms with Crippen LogP contribution in [0.1, 0.15) is 123 Å². The quantitative estimate of drug-likeness (QED) is 0.128. The van der Waals surface area contributed by atoms with E-state index < -0.39 is 0 Å². The highest BCUT2D eigenvalue weighted by Gasteiger charge is 2.52. The van der Waals surface area contributed by atoms with Gasteiger partial charge in [-0.15, -0.1) is 6.58 Å². The van der Waals surface area contributed by atoms with Crippen LogP contribution in [0.3, 0.4) is 0 Å². The molecule has 5 aromatic rings. The Balaban J connectivity index is 1.05. The smallest absolute Gasteiger partial charge is 0.128 e. The maximum absolute atomic E-state index is 6.71. The second kappa shape index (κ2) is 14.7. The Morgan fingerprint density at radius 1 is 0.823 bits per heavy atom. The molecule has 0 saturated heterocycles. The molecule has 62 heavy (non-hydrogen) atoms. The van der Waals surface area contributed by atoms with Crippen molar-refractivity contribution < 1.29 is 4.74 Å². The Bertz CT molecular complexity index is 2850. The van der Waals surface area contributed by atoms with Crippen molar-refractivity contribution in [2.24, 2.45) is 16.8 Å². The topological polar surface area (TPSA) is 21.6 Å². The van der Waals surface area contributed by atoms with E-state index in [1.807, 2.05) is 0 Å². The summed E-state index contributed by atoms with van der Waals surface area (Å²) in [6, 6.07) is 37.2. The first-order valence-corrected chi connectivity index (χ1v) is 23.2. The molecule has 0 bridgehead atoms. The summed E-state index contributed by atoms with van der Waals surface area (Å²) in [6.45, 7) is 16.9. The van der Waals surface area contributed by atoms with Crippen LogP contribution < -0.4 is 4.74 Å². The second-order valence-electron chi connectivity index (χ2n) is 20.3. The maximum Gasteiger partial charge on any atom is 0.128 e. The lowest BCUT2D eigenvalue weighted by Gasteiger charge is -2.37. The van der Waals surface area contributed by atoms with E-state index in [4.69, 9.17) is 9.73 Å². The summed E-state index contributed by atoms with van der Waals surface area (Å²) in [5.41, 5.74) is 16.3. The number of hydrogen-bond donors (Lipinski definition) is 0. The molecule has 5 aromatic carbocycles. The fraction of sp³-hybridized carbons (Fsp3) is 0.317. The molecule has 1 heterocycles. The molecule has 1 aliphatic heterocycles. The Morgan fingerprint density at radius 2 is 1.68 bits per heavy atom. The molecule has 6 atom stereocenters. The number of fused-ring (bicyclic) bond motifs is 10. The monoisotopic (exact) mass is 809 g/mol. The molecule has 0 amide bonds. The van der Waals surface area contributed by atoms with Crippen LogP contribution >= 0.6 is 0 Å². The highest BCUT2D eigenvalue weighted by atomic mass is 16.5. The summed E-state index contributed by atoms with van der Waals surface area (Å²) in [5.74, 6) is 1.51. The van der Waals surface area contributed by atoms with Crippen molar-refractivity contribution in [3.8, 4) is 5.75 Å². The molecular formula is C60H59NO. The SMILES string of the molecule is C=CC1C(C=NC2CC=C3c4c(ccc5ccccc45)OC3C2)=C(c2ccc3c(c2)C(C)(C)CCC/C=C\C3)c2ccccc2C1c1ccc2c(c1)C(C)(C)C1C=CC=CC21C. The van der Waals surface area contributed by atoms with Gasteiger partial charge in [0.05, 0.1) is 6.04 Å². The van der Waals surface area contributed by atoms with E-state index in [1.165, 1.54) is 84.0 Å². The van der Waals surface area contributed by atoms with Crippen LogP contribution in [0.15, 0.2) is 163 Å². The Hall–Kier alpha value is -5.73. The maximum atomic E-state index is 6.71. The number of rotatable bonds is 5. The predicted octanol–water partition coefficient (Wildman–Crippen LogP) is 14.5. The molecule has 2 heteroatoms. The van der Waals surface area contributed by atoms with E-state index in [-0.39, 0.29) is 40.2 Å². The van der Waals surface area contributed by atoms with Gasteiger partial charge in [0.25, 0.3) is 0 Å². The van der Waals surface area contributed by atoms with Gasteiger partial charge < -0.3 is 4.74 Å². The third kappa shape index (κ3) is 6.07. The zero-order valence-electron chi connectivity index (χ0n) is 37.1. The van der Waals surface area contributed by atoms with Crippen molar-refractivity contribution in [3.63, 3.8) is 0 Å². The van der Waals surface area contributed by atoms with E-state index in [9.17, 15) is 0 Å². The molecule has 5 aliphatic carbocycles. The zero-order valence-corrected chi connectivity index (χ0v) is 37.1. The standard InChI is InChI=1S/C60H59NO/c1-7-43-48(37-61-42-28-29-47-53(36-42)62-52-31-27-38-18-11-12-20-44(38)57(47)52)56(40-25-24-39-19-10-8-9-16-32-58(2,3)50(39)34-40)46-22-14-13-21-45(46)55(43)41-26-30-49-51(35-41)59(4,5)54-23-15-17-33-60(49,54)6/h7-8,10-15,17-18,20-27,29-31,33-35,37,42-43,53-55H,1,9,16,19,28,32,36H2,2-6H3/b10-8-,61-37?. The van der Waals surface area contributed by atoms with Gasteiger partial charge in [0.2, 0.25) is 0 Å². The number of hydrogen-bond acceptors (Lipinski definition) is 2. The molecule has 0 radical (unpaired) electrons. The molecule has 6 aliphatic rings. The van der Waals surface area contributed by atoms with E-state index in [0.29, 0.717) is 5.92 Å². The summed E-state index contributed by atoms with van der Waals surface area (Å²) < 4.78 is 6.71. The van der Waals surface area contributed by atoms with Crippen LogP contribution in [0, 0.1) is 11.8 Å². The Morgan fingerprint density at radius 3 is 2.56 bits per heavy atom. The minimum Gasteiger partial charge on any atom is -0.485 e. The first-order valence-electron chi connectivity index (χ1n) is 23.2. The van der Waals surface area contributed by atoms with Gasteiger partial charge >= 0.3 is 0 Å². The third-order valence-corrected chi connectivity index (χ3v) is 15.9. The van der Waals surface area contributed by atoms with E-state index in [1.54, 1.807) is 0 Å². The number of ether oxygens (including phenoxy) is 1. The van der Waals surface area contributed by atoms with Crippen molar-refractivity contribution in [2.75, 3.05) is 0 Å². The van der Waals surface area contributed by atoms with Gasteiger partial charge in [-0.3, -0.25) is 4.99 Å². The number of nitrogens with zero attached hydrogens (tertiary/aromatic N) is 1. The first-order chi connectivity index (χ1) is 30.1. The molecule has 11 rings (SSSR count). The minimum atomic E-state index is -0.0158. The van der Waals surface area contributed by atoms with Crippen LogP contribution in [0.5, 0.6) is 5.75 Å². The molecule has 2 nitrogen and oxygen atoms in total. The summed E-state index contributed by atoms with van der Waals surface area (Å²) in [5, 5.41) is 2.54. The highest BCUT2D eigenvalue weighted by Crippen LogP contribution is 2.58. The third-order valence-electron chi connectivity index (χ3n) is 15.9. The van der Waals surface area contributed by atoms with Gasteiger partial charge in [0.1, 0.15) is 11.9 Å². The average Bonchev–Trinajstić information content (AvgIpc) is 3.77. The first kappa shape index (κ1) is 39.1. The average molecular weight is 810 g/mol. The van der Waals surface area contributed by atoms with Crippen LogP contribution in [0.2, 0.25) is 0 Å². The summed E-state index contributed by atoms with van der Waals surface area (Å²) in [6.07, 6.45) is 27.2. The Kier molecular flexibility index (Phi) is 9.27. The van der Waals surface area contributed by atoms with Crippen molar-refractivity contribution in [3.05, 3.63) is 208 Å². The highest BCUT2D eigenvalue weighted by molar-refractivity contribution is 6.01. The predicted molar refractivity (Wildman–Crippen MR) is 261 cm³/mol. The van der Waals surface area contributed by atoms with E-state index >= 15 is 0 Å². The van der Waals surface area contributed by atoms with Crippen LogP contribution in [-0.2, 0) is 22.7 Å². The van der Waals surface area contributed by atoms with Gasteiger partial charge in [-0.05, 0) is 121 Å². The normalized spacial score (nSPS) is 28.0. The lowest BCUT2D eigenvalue weighted by Crippen LogP contribution is -2.34. The van der Waals surface area contributed by atoms with Crippen molar-refractivity contribution in [1.82, 2.24) is 0 Å². The van der Waals surface area contributed by atoms with Crippen molar-refractivity contribution in [2.45, 2.75) is 107 Å². The van der Waals surface area contributed by atoms with Crippen molar-refractivity contribution >= 4 is 28.1 Å². The number of benzene rings is 5.